The fourth-order valence-electron chi connectivity index (χ4n) is 3.60. The maximum absolute atomic E-state index is 14.5. The first kappa shape index (κ1) is 23.3. The highest BCUT2D eigenvalue weighted by Gasteiger charge is 2.32. The number of piperazine rings is 1. The molecule has 0 unspecified atom stereocenters. The van der Waals surface area contributed by atoms with Crippen LogP contribution in [0.25, 0.3) is 0 Å². The zero-order chi connectivity index (χ0) is 23.6. The molecule has 1 aliphatic rings. The van der Waals surface area contributed by atoms with E-state index >= 15 is 0 Å². The maximum Gasteiger partial charge on any atom is 0.255 e. The minimum absolute atomic E-state index is 0.0166. The minimum Gasteiger partial charge on any atom is -0.367 e. The van der Waals surface area contributed by atoms with Gasteiger partial charge in [-0.15, -0.1) is 0 Å². The van der Waals surface area contributed by atoms with Gasteiger partial charge in [0, 0.05) is 41.9 Å². The molecule has 6 nitrogen and oxygen atoms in total. The van der Waals surface area contributed by atoms with Crippen molar-refractivity contribution in [1.29, 1.82) is 0 Å². The second-order valence-corrected chi connectivity index (χ2v) is 10.3. The van der Waals surface area contributed by atoms with Gasteiger partial charge in [-0.25, -0.2) is 17.2 Å². The number of benzene rings is 3. The van der Waals surface area contributed by atoms with Crippen molar-refractivity contribution in [3.05, 3.63) is 88.4 Å². The summed E-state index contributed by atoms with van der Waals surface area (Å²) in [5.41, 5.74) is 0.927. The molecule has 0 bridgehead atoms. The zero-order valence-corrected chi connectivity index (χ0v) is 19.7. The number of halogens is 3. The second-order valence-electron chi connectivity index (χ2n) is 7.45. The Bertz CT molecular complexity index is 1280. The molecule has 0 saturated carbocycles. The second kappa shape index (κ2) is 9.58. The van der Waals surface area contributed by atoms with Crippen molar-refractivity contribution >= 4 is 43.2 Å². The summed E-state index contributed by atoms with van der Waals surface area (Å²) in [7, 11) is -4.19. The monoisotopic (exact) mass is 535 g/mol. The number of rotatable bonds is 5. The third kappa shape index (κ3) is 5.07. The molecule has 172 valence electrons. The fraction of sp³-hybridized carbons (Fsp3) is 0.174. The van der Waals surface area contributed by atoms with Crippen LogP contribution in [0.4, 0.5) is 20.2 Å². The van der Waals surface area contributed by atoms with Crippen LogP contribution in [-0.4, -0.2) is 44.8 Å². The Labute approximate surface area is 199 Å². The van der Waals surface area contributed by atoms with Gasteiger partial charge < -0.3 is 10.2 Å². The molecule has 1 amide bonds. The molecule has 33 heavy (non-hydrogen) atoms. The van der Waals surface area contributed by atoms with Gasteiger partial charge in [-0.1, -0.05) is 28.1 Å². The highest BCUT2D eigenvalue weighted by Crippen LogP contribution is 2.25. The molecule has 10 heteroatoms. The van der Waals surface area contributed by atoms with E-state index < -0.39 is 26.6 Å². The number of nitrogens with one attached hydrogen (secondary N) is 1. The van der Waals surface area contributed by atoms with E-state index in [-0.39, 0.29) is 37.6 Å². The molecule has 1 saturated heterocycles. The Morgan fingerprint density at radius 3 is 2.21 bits per heavy atom. The van der Waals surface area contributed by atoms with Crippen molar-refractivity contribution < 1.29 is 22.0 Å². The van der Waals surface area contributed by atoms with Gasteiger partial charge in [0.25, 0.3) is 5.91 Å². The van der Waals surface area contributed by atoms with Crippen LogP contribution < -0.4 is 10.2 Å². The number of nitrogens with zero attached hydrogens (tertiary/aromatic N) is 2. The van der Waals surface area contributed by atoms with Crippen molar-refractivity contribution in [2.75, 3.05) is 36.4 Å². The molecule has 0 aromatic heterocycles. The lowest BCUT2D eigenvalue weighted by atomic mass is 10.2. The maximum atomic E-state index is 14.5. The van der Waals surface area contributed by atoms with Crippen LogP contribution in [0.2, 0.25) is 0 Å². The van der Waals surface area contributed by atoms with E-state index in [0.717, 1.165) is 20.9 Å². The molecular formula is C23H20BrF2N3O3S. The standard InChI is InChI=1S/C23H20BrF2N3O3S/c24-17-6-8-18(9-7-17)27-23(30)16-5-10-20(26)22(15-16)33(31,32)29-13-11-28(12-14-29)21-4-2-1-3-19(21)25/h1-10,15H,11-14H2,(H,27,30). The molecule has 0 radical (unpaired) electrons. The van der Waals surface area contributed by atoms with Crippen molar-refractivity contribution in [3.63, 3.8) is 0 Å². The SMILES string of the molecule is O=C(Nc1ccc(Br)cc1)c1ccc(F)c(S(=O)(=O)N2CCN(c3ccccc3F)CC2)c1. The largest absolute Gasteiger partial charge is 0.367 e. The van der Waals surface area contributed by atoms with Gasteiger partial charge in [0.05, 0.1) is 5.69 Å². The number of hydrogen-bond donors (Lipinski definition) is 1. The summed E-state index contributed by atoms with van der Waals surface area (Å²) >= 11 is 3.31. The van der Waals surface area contributed by atoms with E-state index in [9.17, 15) is 22.0 Å². The topological polar surface area (TPSA) is 69.7 Å². The lowest BCUT2D eigenvalue weighted by molar-refractivity contribution is 0.102. The molecule has 0 aliphatic carbocycles. The van der Waals surface area contributed by atoms with Gasteiger partial charge in [-0.3, -0.25) is 4.79 Å². The molecule has 3 aromatic carbocycles. The summed E-state index contributed by atoms with van der Waals surface area (Å²) in [4.78, 5) is 13.8. The first-order chi connectivity index (χ1) is 15.8. The summed E-state index contributed by atoms with van der Waals surface area (Å²) < 4.78 is 56.9. The highest BCUT2D eigenvalue weighted by molar-refractivity contribution is 9.10. The van der Waals surface area contributed by atoms with Crippen LogP contribution >= 0.6 is 15.9 Å². The highest BCUT2D eigenvalue weighted by atomic mass is 79.9. The van der Waals surface area contributed by atoms with E-state index in [1.807, 2.05) is 0 Å². The average molecular weight is 536 g/mol. The van der Waals surface area contributed by atoms with Crippen LogP contribution in [0.3, 0.4) is 0 Å². The van der Waals surface area contributed by atoms with E-state index in [1.165, 1.54) is 12.1 Å². The lowest BCUT2D eigenvalue weighted by Crippen LogP contribution is -2.49. The van der Waals surface area contributed by atoms with Crippen molar-refractivity contribution in [1.82, 2.24) is 4.31 Å². The van der Waals surface area contributed by atoms with Crippen LogP contribution in [-0.2, 0) is 10.0 Å². The van der Waals surface area contributed by atoms with Crippen LogP contribution in [0.15, 0.2) is 76.1 Å². The summed E-state index contributed by atoms with van der Waals surface area (Å²) in [5, 5.41) is 2.66. The zero-order valence-electron chi connectivity index (χ0n) is 17.3. The number of amides is 1. The summed E-state index contributed by atoms with van der Waals surface area (Å²) in [6.45, 7) is 0.633. The van der Waals surface area contributed by atoms with Gasteiger partial charge in [-0.05, 0) is 54.6 Å². The van der Waals surface area contributed by atoms with Crippen LogP contribution in [0.5, 0.6) is 0 Å². The van der Waals surface area contributed by atoms with E-state index in [4.69, 9.17) is 0 Å². The Morgan fingerprint density at radius 2 is 1.55 bits per heavy atom. The fourth-order valence-corrected chi connectivity index (χ4v) is 5.37. The molecule has 1 aliphatic heterocycles. The number of anilines is 2. The number of carbonyl (C=O) groups excluding carboxylic acids is 1. The lowest BCUT2D eigenvalue weighted by Gasteiger charge is -2.35. The minimum atomic E-state index is -4.19. The molecule has 0 atom stereocenters. The van der Waals surface area contributed by atoms with E-state index in [2.05, 4.69) is 21.2 Å². The predicted octanol–water partition coefficient (Wildman–Crippen LogP) is 4.49. The van der Waals surface area contributed by atoms with E-state index in [1.54, 1.807) is 47.4 Å². The smallest absolute Gasteiger partial charge is 0.255 e. The van der Waals surface area contributed by atoms with Crippen LogP contribution in [0, 0.1) is 11.6 Å². The van der Waals surface area contributed by atoms with Crippen LogP contribution in [0.1, 0.15) is 10.4 Å². The summed E-state index contributed by atoms with van der Waals surface area (Å²) in [6.07, 6.45) is 0. The normalized spacial score (nSPS) is 14.8. The Balaban J connectivity index is 1.51. The van der Waals surface area contributed by atoms with Crippen molar-refractivity contribution in [3.8, 4) is 0 Å². The summed E-state index contributed by atoms with van der Waals surface area (Å²) in [5.74, 6) is -1.88. The van der Waals surface area contributed by atoms with Gasteiger partial charge in [0.15, 0.2) is 0 Å². The number of carbonyl (C=O) groups is 1. The van der Waals surface area contributed by atoms with Crippen molar-refractivity contribution in [2.45, 2.75) is 4.90 Å². The number of para-hydroxylation sites is 1. The molecule has 1 heterocycles. The average Bonchev–Trinajstić information content (AvgIpc) is 2.81. The first-order valence-corrected chi connectivity index (χ1v) is 12.3. The van der Waals surface area contributed by atoms with Gasteiger partial charge in [0.2, 0.25) is 10.0 Å². The third-order valence-corrected chi connectivity index (χ3v) is 7.79. The van der Waals surface area contributed by atoms with E-state index in [0.29, 0.717) is 11.4 Å². The van der Waals surface area contributed by atoms with Gasteiger partial charge >= 0.3 is 0 Å². The quantitative estimate of drug-likeness (QED) is 0.522. The molecule has 3 aromatic rings. The predicted molar refractivity (Wildman–Crippen MR) is 126 cm³/mol. The molecular weight excluding hydrogens is 516 g/mol. The summed E-state index contributed by atoms with van der Waals surface area (Å²) in [6, 6.07) is 16.4. The Kier molecular flexibility index (Phi) is 6.78. The molecule has 0 spiro atoms. The molecule has 1 fully saturated rings. The number of sulfonamides is 1. The first-order valence-electron chi connectivity index (χ1n) is 10.1. The number of hydrogen-bond acceptors (Lipinski definition) is 4. The Hall–Kier alpha value is -2.82. The van der Waals surface area contributed by atoms with Crippen molar-refractivity contribution in [2.24, 2.45) is 0 Å². The van der Waals surface area contributed by atoms with Gasteiger partial charge in [-0.2, -0.15) is 4.31 Å². The Morgan fingerprint density at radius 1 is 0.879 bits per heavy atom. The molecule has 1 N–H and O–H groups in total. The van der Waals surface area contributed by atoms with Gasteiger partial charge in [0.1, 0.15) is 16.5 Å². The molecule has 4 rings (SSSR count). The third-order valence-electron chi connectivity index (χ3n) is 5.35.